The summed E-state index contributed by atoms with van der Waals surface area (Å²) in [5.41, 5.74) is 5.82. The van der Waals surface area contributed by atoms with E-state index < -0.39 is 10.0 Å². The molecule has 0 aliphatic carbocycles. The zero-order chi connectivity index (χ0) is 13.8. The van der Waals surface area contributed by atoms with Gasteiger partial charge in [0.1, 0.15) is 4.90 Å². The second-order valence-corrected chi connectivity index (χ2v) is 6.08. The number of hydrogen-bond acceptors (Lipinski definition) is 4. The molecule has 0 saturated carbocycles. The lowest BCUT2D eigenvalue weighted by Crippen LogP contribution is -2.26. The first kappa shape index (κ1) is 15.5. The van der Waals surface area contributed by atoms with Crippen molar-refractivity contribution in [3.63, 3.8) is 0 Å². The van der Waals surface area contributed by atoms with Gasteiger partial charge < -0.3 is 10.5 Å². The summed E-state index contributed by atoms with van der Waals surface area (Å²) in [6.45, 7) is 0.707. The molecule has 0 aliphatic heterocycles. The fourth-order valence-corrected chi connectivity index (χ4v) is 3.63. The van der Waals surface area contributed by atoms with Gasteiger partial charge in [-0.25, -0.2) is 13.1 Å². The summed E-state index contributed by atoms with van der Waals surface area (Å²) < 4.78 is 31.2. The minimum Gasteiger partial charge on any atom is -0.399 e. The lowest BCUT2D eigenvalue weighted by Gasteiger charge is -2.10. The molecule has 0 aliphatic rings. The van der Waals surface area contributed by atoms with Crippen molar-refractivity contribution in [2.75, 3.05) is 26.0 Å². The van der Waals surface area contributed by atoms with E-state index in [0.717, 1.165) is 0 Å². The Labute approximate surface area is 116 Å². The fraction of sp³-hybridized carbons (Fsp3) is 0.400. The summed E-state index contributed by atoms with van der Waals surface area (Å²) in [4.78, 5) is -0.155. The highest BCUT2D eigenvalue weighted by molar-refractivity contribution is 7.89. The number of halogens is 2. The molecule has 18 heavy (non-hydrogen) atoms. The van der Waals surface area contributed by atoms with Gasteiger partial charge in [0.05, 0.1) is 10.0 Å². The van der Waals surface area contributed by atoms with Crippen LogP contribution in [0.2, 0.25) is 10.0 Å². The van der Waals surface area contributed by atoms with Crippen molar-refractivity contribution in [2.24, 2.45) is 0 Å². The van der Waals surface area contributed by atoms with Gasteiger partial charge in [-0.2, -0.15) is 0 Å². The van der Waals surface area contributed by atoms with Gasteiger partial charge in [0, 0.05) is 25.9 Å². The van der Waals surface area contributed by atoms with Gasteiger partial charge in [-0.05, 0) is 18.6 Å². The molecule has 0 unspecified atom stereocenters. The normalized spacial score (nSPS) is 11.7. The van der Waals surface area contributed by atoms with Crippen LogP contribution in [0.5, 0.6) is 0 Å². The van der Waals surface area contributed by atoms with Crippen molar-refractivity contribution in [3.05, 3.63) is 22.2 Å². The first-order chi connectivity index (χ1) is 8.38. The fourth-order valence-electron chi connectivity index (χ4n) is 1.33. The van der Waals surface area contributed by atoms with Crippen LogP contribution in [0.15, 0.2) is 17.0 Å². The summed E-state index contributed by atoms with van der Waals surface area (Å²) in [7, 11) is -2.20. The van der Waals surface area contributed by atoms with Crippen LogP contribution in [0.3, 0.4) is 0 Å². The maximum absolute atomic E-state index is 12.0. The number of nitrogen functional groups attached to an aromatic ring is 1. The van der Waals surface area contributed by atoms with E-state index in [2.05, 4.69) is 4.72 Å². The van der Waals surface area contributed by atoms with E-state index in [4.69, 9.17) is 33.7 Å². The highest BCUT2D eigenvalue weighted by atomic mass is 35.5. The van der Waals surface area contributed by atoms with Crippen molar-refractivity contribution in [1.82, 2.24) is 4.72 Å². The Morgan fingerprint density at radius 3 is 2.39 bits per heavy atom. The van der Waals surface area contributed by atoms with Crippen LogP contribution in [-0.4, -0.2) is 28.7 Å². The maximum atomic E-state index is 12.0. The quantitative estimate of drug-likeness (QED) is 0.621. The van der Waals surface area contributed by atoms with Crippen LogP contribution in [0.1, 0.15) is 6.42 Å². The number of sulfonamides is 1. The Kier molecular flexibility index (Phi) is 5.68. The number of benzene rings is 1. The minimum atomic E-state index is -3.74. The van der Waals surface area contributed by atoms with Gasteiger partial charge in [-0.15, -0.1) is 0 Å². The maximum Gasteiger partial charge on any atom is 0.243 e. The number of ether oxygens (including phenoxy) is 1. The zero-order valence-corrected chi connectivity index (χ0v) is 12.1. The number of hydrogen-bond donors (Lipinski definition) is 2. The number of methoxy groups -OCH3 is 1. The Morgan fingerprint density at radius 2 is 1.89 bits per heavy atom. The molecule has 0 aromatic heterocycles. The molecular weight excluding hydrogens is 299 g/mol. The second-order valence-electron chi connectivity index (χ2n) is 3.56. The molecule has 1 rings (SSSR count). The average Bonchev–Trinajstić information content (AvgIpc) is 2.22. The lowest BCUT2D eigenvalue weighted by molar-refractivity contribution is 0.196. The highest BCUT2D eigenvalue weighted by Crippen LogP contribution is 2.31. The molecule has 3 N–H and O–H groups in total. The first-order valence-electron chi connectivity index (χ1n) is 5.11. The Hall–Kier alpha value is -0.530. The molecule has 1 aromatic carbocycles. The molecule has 0 atom stereocenters. The molecule has 0 amide bonds. The molecule has 0 fully saturated rings. The zero-order valence-electron chi connectivity index (χ0n) is 9.74. The van der Waals surface area contributed by atoms with E-state index in [-0.39, 0.29) is 21.5 Å². The largest absolute Gasteiger partial charge is 0.399 e. The van der Waals surface area contributed by atoms with Crippen LogP contribution in [0.4, 0.5) is 5.69 Å². The van der Waals surface area contributed by atoms with Crippen LogP contribution in [-0.2, 0) is 14.8 Å². The predicted octanol–water partition coefficient (Wildman–Crippen LogP) is 1.89. The van der Waals surface area contributed by atoms with Crippen molar-refractivity contribution in [3.8, 4) is 0 Å². The van der Waals surface area contributed by atoms with E-state index in [1.807, 2.05) is 0 Å². The molecule has 0 saturated heterocycles. The van der Waals surface area contributed by atoms with E-state index in [1.54, 1.807) is 7.11 Å². The van der Waals surface area contributed by atoms with Gasteiger partial charge in [0.2, 0.25) is 10.0 Å². The van der Waals surface area contributed by atoms with E-state index in [0.29, 0.717) is 18.7 Å². The van der Waals surface area contributed by atoms with E-state index >= 15 is 0 Å². The van der Waals surface area contributed by atoms with Crippen LogP contribution in [0, 0.1) is 0 Å². The Bertz CT molecular complexity index is 497. The van der Waals surface area contributed by atoms with E-state index in [9.17, 15) is 8.42 Å². The second kappa shape index (κ2) is 6.58. The summed E-state index contributed by atoms with van der Waals surface area (Å²) in [6.07, 6.45) is 0.555. The van der Waals surface area contributed by atoms with Gasteiger partial charge in [-0.1, -0.05) is 23.2 Å². The first-order valence-corrected chi connectivity index (χ1v) is 7.35. The number of anilines is 1. The standard InChI is InChI=1S/C10H14Cl2N2O3S/c1-17-4-2-3-14-18(15,16)10-8(11)5-7(13)6-9(10)12/h5-6,14H,2-4,13H2,1H3. The topological polar surface area (TPSA) is 81.4 Å². The molecule has 5 nitrogen and oxygen atoms in total. The summed E-state index contributed by atoms with van der Waals surface area (Å²) in [6, 6.07) is 2.69. The Balaban J connectivity index is 2.92. The third-order valence-electron chi connectivity index (χ3n) is 2.11. The van der Waals surface area contributed by atoms with Gasteiger partial charge in [-0.3, -0.25) is 0 Å². The van der Waals surface area contributed by atoms with Gasteiger partial charge >= 0.3 is 0 Å². The van der Waals surface area contributed by atoms with Crippen LogP contribution >= 0.6 is 23.2 Å². The van der Waals surface area contributed by atoms with Gasteiger partial charge in [0.15, 0.2) is 0 Å². The summed E-state index contributed by atoms with van der Waals surface area (Å²) in [5.74, 6) is 0. The number of nitrogens with one attached hydrogen (secondary N) is 1. The lowest BCUT2D eigenvalue weighted by atomic mass is 10.3. The minimum absolute atomic E-state index is 0.000702. The van der Waals surface area contributed by atoms with Crippen LogP contribution in [0.25, 0.3) is 0 Å². The molecule has 1 aromatic rings. The average molecular weight is 313 g/mol. The molecule has 0 bridgehead atoms. The summed E-state index contributed by atoms with van der Waals surface area (Å²) >= 11 is 11.7. The third kappa shape index (κ3) is 4.00. The van der Waals surface area contributed by atoms with Crippen molar-refractivity contribution in [2.45, 2.75) is 11.3 Å². The molecule has 0 radical (unpaired) electrons. The number of nitrogens with two attached hydrogens (primary N) is 1. The molecule has 0 spiro atoms. The van der Waals surface area contributed by atoms with Crippen molar-refractivity contribution in [1.29, 1.82) is 0 Å². The van der Waals surface area contributed by atoms with Gasteiger partial charge in [0.25, 0.3) is 0 Å². The Morgan fingerprint density at radius 1 is 1.33 bits per heavy atom. The smallest absolute Gasteiger partial charge is 0.243 e. The van der Waals surface area contributed by atoms with Crippen LogP contribution < -0.4 is 10.5 Å². The highest BCUT2D eigenvalue weighted by Gasteiger charge is 2.21. The summed E-state index contributed by atoms with van der Waals surface area (Å²) in [5, 5.41) is -0.00140. The van der Waals surface area contributed by atoms with Crippen molar-refractivity contribution >= 4 is 38.9 Å². The predicted molar refractivity (Wildman–Crippen MR) is 72.6 cm³/mol. The van der Waals surface area contributed by atoms with E-state index in [1.165, 1.54) is 12.1 Å². The SMILES string of the molecule is COCCCNS(=O)(=O)c1c(Cl)cc(N)cc1Cl. The molecule has 8 heteroatoms. The molecule has 102 valence electrons. The number of rotatable bonds is 6. The molecular formula is C10H14Cl2N2O3S. The molecule has 0 heterocycles. The monoisotopic (exact) mass is 312 g/mol. The third-order valence-corrected chi connectivity index (χ3v) is 4.49. The van der Waals surface area contributed by atoms with Crippen molar-refractivity contribution < 1.29 is 13.2 Å².